The highest BCUT2D eigenvalue weighted by Gasteiger charge is 2.65. The van der Waals surface area contributed by atoms with Crippen molar-refractivity contribution in [2.75, 3.05) is 0 Å². The number of aliphatic hydroxyl groups excluding tert-OH is 2. The van der Waals surface area contributed by atoms with Crippen molar-refractivity contribution in [2.24, 2.45) is 46.3 Å². The van der Waals surface area contributed by atoms with Crippen molar-refractivity contribution in [1.29, 1.82) is 0 Å². The zero-order valence-corrected chi connectivity index (χ0v) is 33.5. The minimum atomic E-state index is -0.356. The summed E-state index contributed by atoms with van der Waals surface area (Å²) in [5.74, 6) is 2.61. The van der Waals surface area contributed by atoms with E-state index in [9.17, 15) is 19.8 Å². The number of carbonyl (C=O) groups is 2. The van der Waals surface area contributed by atoms with E-state index in [2.05, 4.69) is 33.0 Å². The third-order valence-electron chi connectivity index (χ3n) is 15.4. The van der Waals surface area contributed by atoms with Gasteiger partial charge in [-0.05, 0) is 111 Å². The lowest BCUT2D eigenvalue weighted by molar-refractivity contribution is -0.202. The summed E-state index contributed by atoms with van der Waals surface area (Å²) in [6, 6.07) is 0.215. The largest absolute Gasteiger partial charge is 0.393 e. The number of Topliss-reactive ketones (excluding diaryl/α,β-unsaturated/α-hetero) is 1. The Balaban J connectivity index is 1.10. The molecule has 0 heterocycles. The molecule has 4 aliphatic carbocycles. The van der Waals surface area contributed by atoms with Gasteiger partial charge in [0.05, 0.1) is 12.2 Å². The van der Waals surface area contributed by atoms with Gasteiger partial charge in [0.2, 0.25) is 5.91 Å². The Kier molecular flexibility index (Phi) is 17.1. The predicted molar refractivity (Wildman–Crippen MR) is 208 cm³/mol. The highest BCUT2D eigenvalue weighted by Crippen LogP contribution is 2.68. The van der Waals surface area contributed by atoms with Crippen LogP contribution in [-0.2, 0) is 9.59 Å². The van der Waals surface area contributed by atoms with Crippen LogP contribution in [0, 0.1) is 46.3 Å². The number of hydrogen-bond acceptors (Lipinski definition) is 4. The second-order valence-corrected chi connectivity index (χ2v) is 18.8. The molecular weight excluding hydrogens is 618 g/mol. The fourth-order valence-corrected chi connectivity index (χ4v) is 12.2. The van der Waals surface area contributed by atoms with Gasteiger partial charge in [-0.15, -0.1) is 0 Å². The van der Waals surface area contributed by atoms with Gasteiger partial charge in [0.25, 0.3) is 0 Å². The molecule has 290 valence electrons. The number of aliphatic hydroxyl groups is 2. The van der Waals surface area contributed by atoms with Crippen LogP contribution in [0.1, 0.15) is 208 Å². The van der Waals surface area contributed by atoms with Crippen LogP contribution in [0.15, 0.2) is 0 Å². The Morgan fingerprint density at radius 1 is 0.720 bits per heavy atom. The van der Waals surface area contributed by atoms with Crippen LogP contribution >= 0.6 is 0 Å². The molecule has 11 atom stereocenters. The molecule has 0 radical (unpaired) electrons. The summed E-state index contributed by atoms with van der Waals surface area (Å²) in [6.07, 6.45) is 31.3. The Bertz CT molecular complexity index is 1020. The summed E-state index contributed by atoms with van der Waals surface area (Å²) in [7, 11) is 0. The first-order chi connectivity index (χ1) is 24.0. The number of hydrogen-bond donors (Lipinski definition) is 3. The molecule has 4 rings (SSSR count). The number of nitrogens with one attached hydrogen (secondary N) is 1. The maximum Gasteiger partial charge on any atom is 0.220 e. The minimum Gasteiger partial charge on any atom is -0.393 e. The van der Waals surface area contributed by atoms with E-state index in [0.29, 0.717) is 42.4 Å². The summed E-state index contributed by atoms with van der Waals surface area (Å²) in [6.45, 7) is 11.0. The molecule has 0 saturated heterocycles. The Morgan fingerprint density at radius 3 is 1.84 bits per heavy atom. The van der Waals surface area contributed by atoms with Gasteiger partial charge in [-0.2, -0.15) is 0 Å². The second-order valence-electron chi connectivity index (χ2n) is 18.8. The van der Waals surface area contributed by atoms with E-state index in [4.69, 9.17) is 0 Å². The molecule has 0 aromatic heterocycles. The van der Waals surface area contributed by atoms with E-state index in [-0.39, 0.29) is 46.7 Å². The van der Waals surface area contributed by atoms with Crippen LogP contribution in [0.4, 0.5) is 0 Å². The fraction of sp³-hybridized carbons (Fsp3) is 0.956. The lowest BCUT2D eigenvalue weighted by Gasteiger charge is -2.63. The molecule has 5 nitrogen and oxygen atoms in total. The SMILES string of the molecule is CCCCCCCCCCCCCCCCCCCC(=O)N[C@H]1CC[C@@]2(C)C(C1)C[C@@H](O)C1C2C[C@H](O)[C@@]2(C)C1CC[C@@H]2[C@H](C)CCC(C)=O. The summed E-state index contributed by atoms with van der Waals surface area (Å²) in [4.78, 5) is 24.7. The number of unbranched alkanes of at least 4 members (excludes halogenated alkanes) is 16. The van der Waals surface area contributed by atoms with E-state index >= 15 is 0 Å². The quantitative estimate of drug-likeness (QED) is 0.0927. The first-order valence-corrected chi connectivity index (χ1v) is 22.2. The van der Waals surface area contributed by atoms with Gasteiger partial charge in [0.1, 0.15) is 5.78 Å². The highest BCUT2D eigenvalue weighted by molar-refractivity contribution is 5.76. The van der Waals surface area contributed by atoms with Crippen molar-refractivity contribution in [1.82, 2.24) is 5.32 Å². The average Bonchev–Trinajstić information content (AvgIpc) is 3.44. The lowest BCUT2D eigenvalue weighted by Crippen LogP contribution is -2.63. The average molecular weight is 700 g/mol. The Labute approximate surface area is 308 Å². The van der Waals surface area contributed by atoms with Gasteiger partial charge in [0.15, 0.2) is 0 Å². The van der Waals surface area contributed by atoms with Crippen molar-refractivity contribution in [3.05, 3.63) is 0 Å². The molecule has 4 aliphatic rings. The molecule has 4 unspecified atom stereocenters. The number of rotatable bonds is 23. The highest BCUT2D eigenvalue weighted by atomic mass is 16.3. The standard InChI is InChI=1S/C45H81NO4/c1-6-7-8-9-10-11-12-13-14-15-16-17-18-19-20-21-22-23-42(50)46-36-28-29-44(4)35(30-36)31-40(48)43-38-27-26-37(33(2)24-25-34(3)47)45(38,5)41(49)32-39(43)44/h33,35-41,43,48-49H,6-32H2,1-5H3,(H,46,50)/t33-,35?,36+,37-,38?,39?,40-,41+,43?,44+,45-/m1/s1. The zero-order valence-electron chi connectivity index (χ0n) is 33.5. The Hall–Kier alpha value is -0.940. The zero-order chi connectivity index (χ0) is 36.1. The minimum absolute atomic E-state index is 0.110. The smallest absolute Gasteiger partial charge is 0.220 e. The number of ketones is 1. The third kappa shape index (κ3) is 10.8. The van der Waals surface area contributed by atoms with Gasteiger partial charge < -0.3 is 20.3 Å². The van der Waals surface area contributed by atoms with E-state index < -0.39 is 0 Å². The summed E-state index contributed by atoms with van der Waals surface area (Å²) < 4.78 is 0. The molecule has 0 spiro atoms. The number of fused-ring (bicyclic) bond motifs is 5. The summed E-state index contributed by atoms with van der Waals surface area (Å²) in [5, 5.41) is 27.1. The summed E-state index contributed by atoms with van der Waals surface area (Å²) in [5.41, 5.74) is -0.0710. The lowest BCUT2D eigenvalue weighted by atomic mass is 9.43. The molecule has 5 heteroatoms. The van der Waals surface area contributed by atoms with Crippen molar-refractivity contribution >= 4 is 11.7 Å². The Morgan fingerprint density at radius 2 is 1.28 bits per heavy atom. The molecule has 4 fully saturated rings. The van der Waals surface area contributed by atoms with Gasteiger partial charge in [-0.3, -0.25) is 4.79 Å². The molecule has 0 aliphatic heterocycles. The van der Waals surface area contributed by atoms with Crippen LogP contribution in [0.2, 0.25) is 0 Å². The first-order valence-electron chi connectivity index (χ1n) is 22.2. The predicted octanol–water partition coefficient (Wildman–Crippen LogP) is 11.1. The number of carbonyl (C=O) groups excluding carboxylic acids is 2. The first kappa shape index (κ1) is 41.8. The fourth-order valence-electron chi connectivity index (χ4n) is 12.2. The van der Waals surface area contributed by atoms with E-state index in [0.717, 1.165) is 64.2 Å². The summed E-state index contributed by atoms with van der Waals surface area (Å²) >= 11 is 0. The van der Waals surface area contributed by atoms with Crippen LogP contribution in [0.5, 0.6) is 0 Å². The molecule has 1 amide bonds. The normalized spacial score (nSPS) is 35.6. The number of amides is 1. The molecule has 0 aromatic rings. The van der Waals surface area contributed by atoms with Crippen molar-refractivity contribution in [2.45, 2.75) is 226 Å². The van der Waals surface area contributed by atoms with Gasteiger partial charge in [-0.1, -0.05) is 130 Å². The molecule has 4 saturated carbocycles. The van der Waals surface area contributed by atoms with Crippen molar-refractivity contribution < 1.29 is 19.8 Å². The van der Waals surface area contributed by atoms with Crippen LogP contribution in [-0.4, -0.2) is 40.2 Å². The van der Waals surface area contributed by atoms with Crippen molar-refractivity contribution in [3.63, 3.8) is 0 Å². The maximum atomic E-state index is 13.0. The second kappa shape index (κ2) is 20.5. The van der Waals surface area contributed by atoms with Gasteiger partial charge >= 0.3 is 0 Å². The molecule has 3 N–H and O–H groups in total. The van der Waals surface area contributed by atoms with Gasteiger partial charge in [-0.25, -0.2) is 0 Å². The van der Waals surface area contributed by atoms with Gasteiger partial charge in [0, 0.05) is 18.9 Å². The molecule has 50 heavy (non-hydrogen) atoms. The molecule has 0 bridgehead atoms. The van der Waals surface area contributed by atoms with E-state index in [1.54, 1.807) is 6.92 Å². The topological polar surface area (TPSA) is 86.6 Å². The monoisotopic (exact) mass is 700 g/mol. The van der Waals surface area contributed by atoms with Crippen LogP contribution in [0.25, 0.3) is 0 Å². The van der Waals surface area contributed by atoms with Crippen LogP contribution < -0.4 is 5.32 Å². The van der Waals surface area contributed by atoms with Crippen molar-refractivity contribution in [3.8, 4) is 0 Å². The third-order valence-corrected chi connectivity index (χ3v) is 15.4. The van der Waals surface area contributed by atoms with Crippen LogP contribution in [0.3, 0.4) is 0 Å². The van der Waals surface area contributed by atoms with E-state index in [1.165, 1.54) is 96.3 Å². The van der Waals surface area contributed by atoms with E-state index in [1.807, 2.05) is 0 Å². The molecular formula is C45H81NO4. The molecule has 0 aromatic carbocycles. The maximum absolute atomic E-state index is 13.0.